The molecule has 0 fully saturated rings. The van der Waals surface area contributed by atoms with Crippen LogP contribution in [0.2, 0.25) is 0 Å². The Morgan fingerprint density at radius 1 is 0.971 bits per heavy atom. The molecule has 34 heavy (non-hydrogen) atoms. The Kier molecular flexibility index (Phi) is 7.45. The second-order valence-corrected chi connectivity index (χ2v) is 7.57. The van der Waals surface area contributed by atoms with Gasteiger partial charge in [0, 0.05) is 5.39 Å². The zero-order valence-corrected chi connectivity index (χ0v) is 19.7. The number of aromatic nitrogens is 1. The molecule has 1 N–H and O–H groups in total. The lowest BCUT2D eigenvalue weighted by molar-refractivity contribution is -0.119. The molecule has 0 aliphatic carbocycles. The van der Waals surface area contributed by atoms with Crippen LogP contribution in [0, 0.1) is 13.8 Å². The standard InChI is InChI=1S/C25H26N2O7/c1-6-17-20(13(3)16-10-8-9-11-18(16)26-17)24(30)33-12-19(29)27-23-22(25(31)32-7-2)21(14(4)28)15(5)34-23/h8-11H,6-7,12H2,1-5H3,(H,27,29). The zero-order valence-electron chi connectivity index (χ0n) is 19.7. The number of hydrogen-bond acceptors (Lipinski definition) is 8. The van der Waals surface area contributed by atoms with E-state index in [0.29, 0.717) is 23.2 Å². The van der Waals surface area contributed by atoms with Gasteiger partial charge in [0.15, 0.2) is 12.4 Å². The number of para-hydroxylation sites is 1. The molecule has 0 aliphatic rings. The quantitative estimate of drug-likeness (QED) is 0.387. The number of hydrogen-bond donors (Lipinski definition) is 1. The van der Waals surface area contributed by atoms with Crippen LogP contribution >= 0.6 is 0 Å². The van der Waals surface area contributed by atoms with Gasteiger partial charge in [-0.2, -0.15) is 0 Å². The van der Waals surface area contributed by atoms with Crippen LogP contribution in [0.3, 0.4) is 0 Å². The topological polar surface area (TPSA) is 125 Å². The van der Waals surface area contributed by atoms with E-state index in [9.17, 15) is 19.2 Å². The molecule has 0 unspecified atom stereocenters. The number of anilines is 1. The van der Waals surface area contributed by atoms with Crippen molar-refractivity contribution in [3.05, 3.63) is 58.0 Å². The first-order chi connectivity index (χ1) is 16.2. The number of amides is 1. The Labute approximate surface area is 196 Å². The third-order valence-corrected chi connectivity index (χ3v) is 5.27. The molecule has 0 radical (unpaired) electrons. The monoisotopic (exact) mass is 466 g/mol. The maximum atomic E-state index is 12.9. The van der Waals surface area contributed by atoms with Crippen LogP contribution < -0.4 is 5.32 Å². The molecule has 2 aromatic heterocycles. The van der Waals surface area contributed by atoms with Crippen molar-refractivity contribution in [2.45, 2.75) is 41.0 Å². The van der Waals surface area contributed by atoms with Gasteiger partial charge in [-0.25, -0.2) is 9.59 Å². The number of aryl methyl sites for hydroxylation is 3. The van der Waals surface area contributed by atoms with Crippen LogP contribution in [0.4, 0.5) is 5.88 Å². The number of nitrogens with one attached hydrogen (secondary N) is 1. The van der Waals surface area contributed by atoms with Crippen LogP contribution in [-0.4, -0.2) is 41.8 Å². The molecule has 0 atom stereocenters. The van der Waals surface area contributed by atoms with E-state index in [1.807, 2.05) is 31.2 Å². The smallest absolute Gasteiger partial charge is 0.344 e. The van der Waals surface area contributed by atoms with Crippen molar-refractivity contribution in [1.29, 1.82) is 0 Å². The number of esters is 2. The number of ether oxygens (including phenoxy) is 2. The Balaban J connectivity index is 1.81. The maximum Gasteiger partial charge on any atom is 0.344 e. The van der Waals surface area contributed by atoms with E-state index >= 15 is 0 Å². The summed E-state index contributed by atoms with van der Waals surface area (Å²) in [4.78, 5) is 54.3. The Bertz CT molecular complexity index is 1290. The zero-order chi connectivity index (χ0) is 25.0. The fraction of sp³-hybridized carbons (Fsp3) is 0.320. The molecule has 0 spiro atoms. The van der Waals surface area contributed by atoms with Crippen molar-refractivity contribution in [2.75, 3.05) is 18.5 Å². The number of carbonyl (C=O) groups excluding carboxylic acids is 4. The SMILES string of the molecule is CCOC(=O)c1c(NC(=O)COC(=O)c2c(CC)nc3ccccc3c2C)oc(C)c1C(C)=O. The van der Waals surface area contributed by atoms with E-state index in [2.05, 4.69) is 10.3 Å². The Morgan fingerprint density at radius 3 is 2.29 bits per heavy atom. The van der Waals surface area contributed by atoms with Crippen LogP contribution in [0.5, 0.6) is 0 Å². The van der Waals surface area contributed by atoms with Crippen molar-refractivity contribution in [1.82, 2.24) is 4.98 Å². The fourth-order valence-corrected chi connectivity index (χ4v) is 3.79. The highest BCUT2D eigenvalue weighted by Gasteiger charge is 2.29. The summed E-state index contributed by atoms with van der Waals surface area (Å²) in [7, 11) is 0. The molecule has 3 rings (SSSR count). The highest BCUT2D eigenvalue weighted by Crippen LogP contribution is 2.29. The summed E-state index contributed by atoms with van der Waals surface area (Å²) >= 11 is 0. The summed E-state index contributed by atoms with van der Waals surface area (Å²) < 4.78 is 15.7. The Morgan fingerprint density at radius 2 is 1.65 bits per heavy atom. The second kappa shape index (κ2) is 10.3. The molecule has 0 bridgehead atoms. The van der Waals surface area contributed by atoms with Gasteiger partial charge in [-0.3, -0.25) is 19.9 Å². The molecular weight excluding hydrogens is 440 g/mol. The summed E-state index contributed by atoms with van der Waals surface area (Å²) in [6.07, 6.45) is 0.505. The van der Waals surface area contributed by atoms with E-state index in [-0.39, 0.29) is 29.4 Å². The van der Waals surface area contributed by atoms with Gasteiger partial charge < -0.3 is 13.9 Å². The minimum Gasteiger partial charge on any atom is -0.462 e. The van der Waals surface area contributed by atoms with Crippen LogP contribution in [0.15, 0.2) is 28.7 Å². The summed E-state index contributed by atoms with van der Waals surface area (Å²) in [5.74, 6) is -2.72. The van der Waals surface area contributed by atoms with Gasteiger partial charge in [-0.05, 0) is 45.7 Å². The lowest BCUT2D eigenvalue weighted by atomic mass is 10.0. The molecule has 2 heterocycles. The molecule has 0 saturated heterocycles. The molecule has 9 nitrogen and oxygen atoms in total. The summed E-state index contributed by atoms with van der Waals surface area (Å²) in [5, 5.41) is 3.21. The molecule has 3 aromatic rings. The van der Waals surface area contributed by atoms with Crippen LogP contribution in [0.1, 0.15) is 68.9 Å². The first-order valence-electron chi connectivity index (χ1n) is 10.9. The average molecular weight is 466 g/mol. The lowest BCUT2D eigenvalue weighted by Gasteiger charge is -2.13. The number of nitrogens with zero attached hydrogens (tertiary/aromatic N) is 1. The summed E-state index contributed by atoms with van der Waals surface area (Å²) in [6.45, 7) is 7.51. The lowest BCUT2D eigenvalue weighted by Crippen LogP contribution is -2.23. The maximum absolute atomic E-state index is 12.9. The molecule has 1 aromatic carbocycles. The van der Waals surface area contributed by atoms with Crippen LogP contribution in [0.25, 0.3) is 10.9 Å². The minimum absolute atomic E-state index is 0.0243. The predicted octanol–water partition coefficient (Wildman–Crippen LogP) is 4.18. The van der Waals surface area contributed by atoms with Gasteiger partial charge in [-0.15, -0.1) is 0 Å². The van der Waals surface area contributed by atoms with E-state index in [0.717, 1.165) is 10.9 Å². The number of rotatable bonds is 8. The highest BCUT2D eigenvalue weighted by molar-refractivity contribution is 6.11. The minimum atomic E-state index is -0.803. The van der Waals surface area contributed by atoms with E-state index in [4.69, 9.17) is 13.9 Å². The molecule has 178 valence electrons. The molecule has 0 saturated carbocycles. The molecule has 1 amide bonds. The van der Waals surface area contributed by atoms with Crippen molar-refractivity contribution >= 4 is 40.4 Å². The van der Waals surface area contributed by atoms with Crippen molar-refractivity contribution in [3.8, 4) is 0 Å². The van der Waals surface area contributed by atoms with Crippen LogP contribution in [-0.2, 0) is 20.7 Å². The first kappa shape index (κ1) is 24.6. The third kappa shape index (κ3) is 4.83. The second-order valence-electron chi connectivity index (χ2n) is 7.57. The number of pyridine rings is 1. The van der Waals surface area contributed by atoms with Gasteiger partial charge in [0.2, 0.25) is 5.88 Å². The average Bonchev–Trinajstić information content (AvgIpc) is 3.13. The normalized spacial score (nSPS) is 10.7. The van der Waals surface area contributed by atoms with E-state index in [1.165, 1.54) is 13.8 Å². The molecule has 0 aliphatic heterocycles. The Hall–Kier alpha value is -4.01. The van der Waals surface area contributed by atoms with Gasteiger partial charge in [0.05, 0.1) is 28.9 Å². The highest BCUT2D eigenvalue weighted by atomic mass is 16.5. The van der Waals surface area contributed by atoms with Gasteiger partial charge in [-0.1, -0.05) is 25.1 Å². The predicted molar refractivity (Wildman–Crippen MR) is 124 cm³/mol. The number of Topliss-reactive ketones (excluding diaryl/α,β-unsaturated/α-hetero) is 1. The number of ketones is 1. The summed E-state index contributed by atoms with van der Waals surface area (Å²) in [5.41, 5.74) is 2.22. The number of carbonyl (C=O) groups is 4. The largest absolute Gasteiger partial charge is 0.462 e. The van der Waals surface area contributed by atoms with Gasteiger partial charge in [0.1, 0.15) is 11.3 Å². The fourth-order valence-electron chi connectivity index (χ4n) is 3.79. The van der Waals surface area contributed by atoms with Gasteiger partial charge >= 0.3 is 11.9 Å². The molecule has 9 heteroatoms. The van der Waals surface area contributed by atoms with Gasteiger partial charge in [0.25, 0.3) is 5.91 Å². The molecular formula is C25H26N2O7. The number of benzene rings is 1. The van der Waals surface area contributed by atoms with E-state index < -0.39 is 30.2 Å². The number of furan rings is 1. The first-order valence-corrected chi connectivity index (χ1v) is 10.9. The van der Waals surface area contributed by atoms with Crippen molar-refractivity contribution in [3.63, 3.8) is 0 Å². The third-order valence-electron chi connectivity index (χ3n) is 5.27. The van der Waals surface area contributed by atoms with Crippen molar-refractivity contribution in [2.24, 2.45) is 0 Å². The number of fused-ring (bicyclic) bond motifs is 1. The summed E-state index contributed by atoms with van der Waals surface area (Å²) in [6, 6.07) is 7.46. The van der Waals surface area contributed by atoms with E-state index in [1.54, 1.807) is 13.8 Å². The van der Waals surface area contributed by atoms with Crippen molar-refractivity contribution < 1.29 is 33.1 Å².